The van der Waals surface area contributed by atoms with Gasteiger partial charge in [-0.15, -0.1) is 0 Å². The van der Waals surface area contributed by atoms with Crippen LogP contribution in [0.3, 0.4) is 0 Å². The lowest BCUT2D eigenvalue weighted by Crippen LogP contribution is -2.24. The molecule has 144 valence electrons. The van der Waals surface area contributed by atoms with Crippen LogP contribution >= 0.6 is 0 Å². The summed E-state index contributed by atoms with van der Waals surface area (Å²) in [6, 6.07) is 11.0. The summed E-state index contributed by atoms with van der Waals surface area (Å²) in [7, 11) is 3.14. The van der Waals surface area contributed by atoms with Crippen molar-refractivity contribution >= 4 is 11.8 Å². The Labute approximate surface area is 160 Å². The molecule has 0 spiro atoms. The second-order valence-electron chi connectivity index (χ2n) is 6.48. The van der Waals surface area contributed by atoms with Gasteiger partial charge in [0.1, 0.15) is 0 Å². The Morgan fingerprint density at radius 3 is 2.26 bits per heavy atom. The average molecular weight is 370 g/mol. The van der Waals surface area contributed by atoms with Crippen molar-refractivity contribution in [3.63, 3.8) is 0 Å². The fourth-order valence-corrected chi connectivity index (χ4v) is 2.72. The maximum atomic E-state index is 12.5. The number of hydrogen-bond acceptors (Lipinski definition) is 5. The van der Waals surface area contributed by atoms with Crippen molar-refractivity contribution in [2.24, 2.45) is 0 Å². The molecule has 0 fully saturated rings. The van der Waals surface area contributed by atoms with Crippen molar-refractivity contribution < 1.29 is 23.8 Å². The lowest BCUT2D eigenvalue weighted by molar-refractivity contribution is -0.146. The molecule has 0 heterocycles. The second-order valence-corrected chi connectivity index (χ2v) is 6.48. The number of Topliss-reactive ketones (excluding diaryl/α,β-unsaturated/α-hetero) is 1. The number of aryl methyl sites for hydroxylation is 3. The van der Waals surface area contributed by atoms with Crippen molar-refractivity contribution in [3.8, 4) is 11.5 Å². The molecule has 0 N–H and O–H groups in total. The van der Waals surface area contributed by atoms with Crippen LogP contribution < -0.4 is 9.47 Å². The molecule has 0 saturated heterocycles. The van der Waals surface area contributed by atoms with Crippen LogP contribution in [0.1, 0.15) is 40.4 Å². The van der Waals surface area contributed by atoms with Gasteiger partial charge in [-0.2, -0.15) is 0 Å². The average Bonchev–Trinajstić information content (AvgIpc) is 2.67. The fraction of sp³-hybridized carbons (Fsp3) is 0.364. The summed E-state index contributed by atoms with van der Waals surface area (Å²) in [6.07, 6.45) is -0.144. The maximum absolute atomic E-state index is 12.5. The highest BCUT2D eigenvalue weighted by Crippen LogP contribution is 2.28. The van der Waals surface area contributed by atoms with E-state index in [1.165, 1.54) is 0 Å². The van der Waals surface area contributed by atoms with Gasteiger partial charge in [0, 0.05) is 12.0 Å². The van der Waals surface area contributed by atoms with Gasteiger partial charge in [0.15, 0.2) is 17.6 Å². The Morgan fingerprint density at radius 1 is 0.926 bits per heavy atom. The van der Waals surface area contributed by atoms with Crippen LogP contribution in [0.25, 0.3) is 0 Å². The molecule has 5 nitrogen and oxygen atoms in total. The maximum Gasteiger partial charge on any atom is 0.306 e. The second kappa shape index (κ2) is 9.21. The van der Waals surface area contributed by atoms with E-state index in [9.17, 15) is 9.59 Å². The first kappa shape index (κ1) is 20.5. The standard InChI is InChI=1S/C22H26O5/c1-14-6-9-18(12-15(14)2)22(24)16(3)27-21(23)11-8-17-7-10-19(25-4)20(13-17)26-5/h6-7,9-10,12-13,16H,8,11H2,1-5H3/t16-/m1/s1. The van der Waals surface area contributed by atoms with Crippen molar-refractivity contribution in [1.82, 2.24) is 0 Å². The number of ether oxygens (including phenoxy) is 3. The number of ketones is 1. The summed E-state index contributed by atoms with van der Waals surface area (Å²) in [6.45, 7) is 5.54. The van der Waals surface area contributed by atoms with Crippen molar-refractivity contribution in [1.29, 1.82) is 0 Å². The Balaban J connectivity index is 1.93. The van der Waals surface area contributed by atoms with Gasteiger partial charge >= 0.3 is 5.97 Å². The number of esters is 1. The van der Waals surface area contributed by atoms with Gasteiger partial charge in [-0.3, -0.25) is 9.59 Å². The van der Waals surface area contributed by atoms with Gasteiger partial charge in [0.2, 0.25) is 5.78 Å². The van der Waals surface area contributed by atoms with E-state index < -0.39 is 12.1 Å². The highest BCUT2D eigenvalue weighted by molar-refractivity contribution is 6.00. The molecule has 0 bridgehead atoms. The molecule has 0 aliphatic rings. The summed E-state index contributed by atoms with van der Waals surface area (Å²) < 4.78 is 15.8. The van der Waals surface area contributed by atoms with E-state index in [0.717, 1.165) is 16.7 Å². The Bertz CT molecular complexity index is 825. The lowest BCUT2D eigenvalue weighted by Gasteiger charge is -2.14. The summed E-state index contributed by atoms with van der Waals surface area (Å²) in [5, 5.41) is 0. The number of benzene rings is 2. The van der Waals surface area contributed by atoms with E-state index in [1.807, 2.05) is 38.1 Å². The molecule has 0 aliphatic carbocycles. The van der Waals surface area contributed by atoms with Crippen LogP contribution in [0.15, 0.2) is 36.4 Å². The molecule has 2 rings (SSSR count). The summed E-state index contributed by atoms with van der Waals surface area (Å²) in [4.78, 5) is 24.6. The zero-order valence-electron chi connectivity index (χ0n) is 16.5. The monoisotopic (exact) mass is 370 g/mol. The Morgan fingerprint density at radius 2 is 1.63 bits per heavy atom. The third-order valence-electron chi connectivity index (χ3n) is 4.53. The van der Waals surface area contributed by atoms with Crippen LogP contribution in [0, 0.1) is 13.8 Å². The predicted molar refractivity (Wildman–Crippen MR) is 104 cm³/mol. The van der Waals surface area contributed by atoms with Crippen molar-refractivity contribution in [2.45, 2.75) is 39.7 Å². The van der Waals surface area contributed by atoms with Crippen LogP contribution in [-0.2, 0) is 16.0 Å². The lowest BCUT2D eigenvalue weighted by atomic mass is 10.0. The molecule has 0 aliphatic heterocycles. The molecule has 0 amide bonds. The molecule has 2 aromatic rings. The molecule has 2 aromatic carbocycles. The van der Waals surface area contributed by atoms with Crippen LogP contribution in [0.2, 0.25) is 0 Å². The minimum Gasteiger partial charge on any atom is -0.493 e. The van der Waals surface area contributed by atoms with Gasteiger partial charge in [-0.05, 0) is 62.1 Å². The summed E-state index contributed by atoms with van der Waals surface area (Å²) in [5.41, 5.74) is 3.63. The van der Waals surface area contributed by atoms with Gasteiger partial charge in [0.25, 0.3) is 0 Å². The van der Waals surface area contributed by atoms with Crippen LogP contribution in [-0.4, -0.2) is 32.1 Å². The first-order chi connectivity index (χ1) is 12.8. The third-order valence-corrected chi connectivity index (χ3v) is 4.53. The topological polar surface area (TPSA) is 61.8 Å². The van der Waals surface area contributed by atoms with E-state index in [0.29, 0.717) is 23.5 Å². The van der Waals surface area contributed by atoms with E-state index in [1.54, 1.807) is 33.3 Å². The highest BCUT2D eigenvalue weighted by Gasteiger charge is 2.20. The molecule has 0 radical (unpaired) electrons. The number of hydrogen-bond donors (Lipinski definition) is 0. The third kappa shape index (κ3) is 5.33. The fourth-order valence-electron chi connectivity index (χ4n) is 2.72. The van der Waals surface area contributed by atoms with Gasteiger partial charge in [0.05, 0.1) is 14.2 Å². The zero-order valence-corrected chi connectivity index (χ0v) is 16.5. The smallest absolute Gasteiger partial charge is 0.306 e. The number of methoxy groups -OCH3 is 2. The zero-order chi connectivity index (χ0) is 20.0. The normalized spacial score (nSPS) is 11.6. The van der Waals surface area contributed by atoms with E-state index >= 15 is 0 Å². The Hall–Kier alpha value is -2.82. The van der Waals surface area contributed by atoms with Gasteiger partial charge < -0.3 is 14.2 Å². The van der Waals surface area contributed by atoms with E-state index in [4.69, 9.17) is 14.2 Å². The molecule has 0 saturated carbocycles. The van der Waals surface area contributed by atoms with Gasteiger partial charge in [-0.1, -0.05) is 18.2 Å². The number of carbonyl (C=O) groups excluding carboxylic acids is 2. The van der Waals surface area contributed by atoms with Crippen LogP contribution in [0.4, 0.5) is 0 Å². The minimum absolute atomic E-state index is 0.181. The molecule has 0 aromatic heterocycles. The van der Waals surface area contributed by atoms with E-state index in [-0.39, 0.29) is 12.2 Å². The molecule has 27 heavy (non-hydrogen) atoms. The molecule has 1 atom stereocenters. The highest BCUT2D eigenvalue weighted by atomic mass is 16.5. The van der Waals surface area contributed by atoms with Crippen molar-refractivity contribution in [2.75, 3.05) is 14.2 Å². The first-order valence-electron chi connectivity index (χ1n) is 8.87. The van der Waals surface area contributed by atoms with E-state index in [2.05, 4.69) is 0 Å². The largest absolute Gasteiger partial charge is 0.493 e. The molecule has 5 heteroatoms. The number of carbonyl (C=O) groups is 2. The molecule has 0 unspecified atom stereocenters. The summed E-state index contributed by atoms with van der Waals surface area (Å²) in [5.74, 6) is 0.644. The molecular formula is C22H26O5. The minimum atomic E-state index is -0.815. The summed E-state index contributed by atoms with van der Waals surface area (Å²) >= 11 is 0. The predicted octanol–water partition coefficient (Wildman–Crippen LogP) is 4.07. The molecular weight excluding hydrogens is 344 g/mol. The SMILES string of the molecule is COc1ccc(CCC(=O)O[C@H](C)C(=O)c2ccc(C)c(C)c2)cc1OC. The quantitative estimate of drug-likeness (QED) is 0.518. The van der Waals surface area contributed by atoms with Gasteiger partial charge in [-0.25, -0.2) is 0 Å². The van der Waals surface area contributed by atoms with Crippen LogP contribution in [0.5, 0.6) is 11.5 Å². The van der Waals surface area contributed by atoms with Crippen molar-refractivity contribution in [3.05, 3.63) is 58.7 Å². The number of rotatable bonds is 8. The first-order valence-corrected chi connectivity index (χ1v) is 8.87. The Kier molecular flexibility index (Phi) is 6.99.